The minimum atomic E-state index is -0.538. The number of rotatable bonds is 7. The van der Waals surface area contributed by atoms with Gasteiger partial charge in [-0.25, -0.2) is 0 Å². The molecule has 0 atom stereocenters. The standard InChI is InChI=1S/C61H41NO/c1-4-18-42(19-5-1)45-24-16-26-48(38-45)62(50-35-37-51(43-20-6-2-7-21-43)54(41-50)44-22-8-3-9-23-44)49-27-17-25-46(39-49)47-34-36-53-52-28-10-11-29-55(52)61(58(53)40-47)56-30-12-14-32-59(56)63-60-33-15-13-31-57(60)61/h1-41H. The van der Waals surface area contributed by atoms with Crippen LogP contribution in [-0.2, 0) is 5.41 Å². The fraction of sp³-hybridized carbons (Fsp3) is 0.0164. The number of fused-ring (bicyclic) bond motifs is 9. The van der Waals surface area contributed by atoms with Crippen molar-refractivity contribution in [2.45, 2.75) is 5.41 Å². The number of benzene rings is 10. The first kappa shape index (κ1) is 36.6. The van der Waals surface area contributed by atoms with E-state index in [4.69, 9.17) is 4.74 Å². The lowest BCUT2D eigenvalue weighted by atomic mass is 9.66. The second-order valence-electron chi connectivity index (χ2n) is 16.4. The van der Waals surface area contributed by atoms with Gasteiger partial charge in [0.25, 0.3) is 0 Å². The number of anilines is 3. The SMILES string of the molecule is c1ccc(-c2cccc(N(c3cccc(-c4ccc5c(c4)C4(c6ccccc6Oc6ccccc64)c4ccccc4-5)c3)c3ccc(-c4ccccc4)c(-c4ccccc4)c3)c2)cc1. The molecule has 0 saturated heterocycles. The summed E-state index contributed by atoms with van der Waals surface area (Å²) < 4.78 is 6.64. The summed E-state index contributed by atoms with van der Waals surface area (Å²) in [6, 6.07) is 90.1. The van der Waals surface area contributed by atoms with E-state index < -0.39 is 5.41 Å². The van der Waals surface area contributed by atoms with E-state index >= 15 is 0 Å². The molecule has 0 N–H and O–H groups in total. The number of hydrogen-bond acceptors (Lipinski definition) is 2. The molecule has 0 saturated carbocycles. The lowest BCUT2D eigenvalue weighted by Gasteiger charge is -2.39. The molecule has 2 aliphatic rings. The number of ether oxygens (including phenoxy) is 1. The Morgan fingerprint density at radius 3 is 1.33 bits per heavy atom. The highest BCUT2D eigenvalue weighted by Crippen LogP contribution is 2.62. The fourth-order valence-corrected chi connectivity index (χ4v) is 10.2. The first-order valence-corrected chi connectivity index (χ1v) is 21.7. The van der Waals surface area contributed by atoms with Crippen LogP contribution in [0.15, 0.2) is 249 Å². The Balaban J connectivity index is 1.05. The van der Waals surface area contributed by atoms with Gasteiger partial charge in [0.05, 0.1) is 5.41 Å². The molecule has 1 spiro atoms. The molecule has 2 nitrogen and oxygen atoms in total. The largest absolute Gasteiger partial charge is 0.457 e. The monoisotopic (exact) mass is 803 g/mol. The number of para-hydroxylation sites is 2. The van der Waals surface area contributed by atoms with Crippen molar-refractivity contribution in [2.24, 2.45) is 0 Å². The van der Waals surface area contributed by atoms with Crippen molar-refractivity contribution in [1.82, 2.24) is 0 Å². The van der Waals surface area contributed by atoms with E-state index in [1.54, 1.807) is 0 Å². The average Bonchev–Trinajstić information content (AvgIpc) is 3.65. The summed E-state index contributed by atoms with van der Waals surface area (Å²) in [6.45, 7) is 0. The van der Waals surface area contributed by atoms with Crippen LogP contribution in [0.2, 0.25) is 0 Å². The van der Waals surface area contributed by atoms with Crippen molar-refractivity contribution in [3.63, 3.8) is 0 Å². The molecule has 1 heterocycles. The quantitative estimate of drug-likeness (QED) is 0.159. The lowest BCUT2D eigenvalue weighted by Crippen LogP contribution is -2.32. The van der Waals surface area contributed by atoms with Crippen LogP contribution in [0.3, 0.4) is 0 Å². The molecule has 10 aromatic rings. The minimum Gasteiger partial charge on any atom is -0.457 e. The van der Waals surface area contributed by atoms with Gasteiger partial charge >= 0.3 is 0 Å². The second kappa shape index (κ2) is 15.1. The van der Waals surface area contributed by atoms with E-state index in [-0.39, 0.29) is 0 Å². The van der Waals surface area contributed by atoms with E-state index in [1.807, 2.05) is 0 Å². The van der Waals surface area contributed by atoms with Crippen LogP contribution in [0.25, 0.3) is 55.6 Å². The van der Waals surface area contributed by atoms with Gasteiger partial charge in [0.1, 0.15) is 11.5 Å². The Kier molecular flexibility index (Phi) is 8.76. The molecular formula is C61H41NO. The van der Waals surface area contributed by atoms with Gasteiger partial charge in [0, 0.05) is 28.2 Å². The maximum atomic E-state index is 6.64. The number of hydrogen-bond donors (Lipinski definition) is 0. The zero-order valence-electron chi connectivity index (χ0n) is 34.5. The lowest BCUT2D eigenvalue weighted by molar-refractivity contribution is 0.436. The highest BCUT2D eigenvalue weighted by Gasteiger charge is 2.51. The molecule has 10 aromatic carbocycles. The summed E-state index contributed by atoms with van der Waals surface area (Å²) in [5.41, 5.74) is 19.5. The third-order valence-corrected chi connectivity index (χ3v) is 12.9. The summed E-state index contributed by atoms with van der Waals surface area (Å²) >= 11 is 0. The summed E-state index contributed by atoms with van der Waals surface area (Å²) in [4.78, 5) is 2.41. The maximum Gasteiger partial charge on any atom is 0.132 e. The van der Waals surface area contributed by atoms with Crippen molar-refractivity contribution in [3.05, 3.63) is 271 Å². The summed E-state index contributed by atoms with van der Waals surface area (Å²) in [6.07, 6.45) is 0. The molecule has 0 aromatic heterocycles. The van der Waals surface area contributed by atoms with Gasteiger partial charge in [0.15, 0.2) is 0 Å². The maximum absolute atomic E-state index is 6.64. The van der Waals surface area contributed by atoms with Gasteiger partial charge in [-0.2, -0.15) is 0 Å². The molecule has 1 aliphatic carbocycles. The van der Waals surface area contributed by atoms with Crippen molar-refractivity contribution >= 4 is 17.1 Å². The van der Waals surface area contributed by atoms with Gasteiger partial charge < -0.3 is 9.64 Å². The topological polar surface area (TPSA) is 12.5 Å². The van der Waals surface area contributed by atoms with Crippen LogP contribution in [0.5, 0.6) is 11.5 Å². The van der Waals surface area contributed by atoms with Crippen LogP contribution in [0, 0.1) is 0 Å². The molecule has 63 heavy (non-hydrogen) atoms. The third-order valence-electron chi connectivity index (χ3n) is 12.9. The molecule has 2 heteroatoms. The first-order chi connectivity index (χ1) is 31.2. The Morgan fingerprint density at radius 2 is 0.698 bits per heavy atom. The second-order valence-corrected chi connectivity index (χ2v) is 16.4. The zero-order chi connectivity index (χ0) is 41.7. The van der Waals surface area contributed by atoms with Crippen molar-refractivity contribution in [1.29, 1.82) is 0 Å². The Morgan fingerprint density at radius 1 is 0.254 bits per heavy atom. The predicted octanol–water partition coefficient (Wildman–Crippen LogP) is 16.3. The summed E-state index contributed by atoms with van der Waals surface area (Å²) in [5, 5.41) is 0. The highest BCUT2D eigenvalue weighted by molar-refractivity contribution is 5.92. The summed E-state index contributed by atoms with van der Waals surface area (Å²) in [5.74, 6) is 1.79. The average molecular weight is 804 g/mol. The van der Waals surface area contributed by atoms with E-state index in [9.17, 15) is 0 Å². The van der Waals surface area contributed by atoms with Gasteiger partial charge in [-0.1, -0.05) is 194 Å². The van der Waals surface area contributed by atoms with Crippen LogP contribution in [0.1, 0.15) is 22.3 Å². The van der Waals surface area contributed by atoms with E-state index in [0.29, 0.717) is 0 Å². The van der Waals surface area contributed by atoms with Crippen LogP contribution in [-0.4, -0.2) is 0 Å². The van der Waals surface area contributed by atoms with Gasteiger partial charge in [-0.3, -0.25) is 0 Å². The van der Waals surface area contributed by atoms with Gasteiger partial charge in [-0.05, 0) is 121 Å². The Bertz CT molecular complexity index is 3270. The molecule has 296 valence electrons. The smallest absolute Gasteiger partial charge is 0.132 e. The van der Waals surface area contributed by atoms with Gasteiger partial charge in [0.2, 0.25) is 0 Å². The van der Waals surface area contributed by atoms with E-state index in [1.165, 1.54) is 66.8 Å². The first-order valence-electron chi connectivity index (χ1n) is 21.7. The van der Waals surface area contributed by atoms with Crippen molar-refractivity contribution < 1.29 is 4.74 Å². The normalized spacial score (nSPS) is 12.7. The minimum absolute atomic E-state index is 0.538. The number of nitrogens with zero attached hydrogens (tertiary/aromatic N) is 1. The van der Waals surface area contributed by atoms with E-state index in [0.717, 1.165) is 39.7 Å². The molecular weight excluding hydrogens is 763 g/mol. The van der Waals surface area contributed by atoms with Gasteiger partial charge in [-0.15, -0.1) is 0 Å². The Hall–Kier alpha value is -8.20. The Labute approximate surface area is 368 Å². The van der Waals surface area contributed by atoms with Crippen molar-refractivity contribution in [2.75, 3.05) is 4.90 Å². The van der Waals surface area contributed by atoms with Crippen molar-refractivity contribution in [3.8, 4) is 67.1 Å². The third kappa shape index (κ3) is 6.02. The molecule has 0 radical (unpaired) electrons. The van der Waals surface area contributed by atoms with E-state index in [2.05, 4.69) is 254 Å². The molecule has 0 fully saturated rings. The fourth-order valence-electron chi connectivity index (χ4n) is 10.2. The highest BCUT2D eigenvalue weighted by atomic mass is 16.5. The van der Waals surface area contributed by atoms with Crippen LogP contribution in [0.4, 0.5) is 17.1 Å². The molecule has 0 unspecified atom stereocenters. The van der Waals surface area contributed by atoms with Crippen LogP contribution < -0.4 is 9.64 Å². The molecule has 0 bridgehead atoms. The summed E-state index contributed by atoms with van der Waals surface area (Å²) in [7, 11) is 0. The predicted molar refractivity (Wildman–Crippen MR) is 260 cm³/mol. The molecule has 12 rings (SSSR count). The molecule has 1 aliphatic heterocycles. The zero-order valence-corrected chi connectivity index (χ0v) is 34.5. The van der Waals surface area contributed by atoms with Crippen LogP contribution >= 0.6 is 0 Å². The molecule has 0 amide bonds.